The highest BCUT2D eigenvalue weighted by Gasteiger charge is 2.38. The lowest BCUT2D eigenvalue weighted by atomic mass is 10.2. The van der Waals surface area contributed by atoms with Crippen molar-refractivity contribution in [2.75, 3.05) is 6.61 Å². The minimum Gasteiger partial charge on any atom is -0.376 e. The van der Waals surface area contributed by atoms with E-state index >= 15 is 0 Å². The van der Waals surface area contributed by atoms with Gasteiger partial charge in [-0.1, -0.05) is 6.92 Å². The third-order valence-corrected chi connectivity index (χ3v) is 6.44. The van der Waals surface area contributed by atoms with Crippen LogP contribution in [0.5, 0.6) is 0 Å². The van der Waals surface area contributed by atoms with Crippen LogP contribution in [0.1, 0.15) is 47.5 Å². The van der Waals surface area contributed by atoms with E-state index in [0.717, 1.165) is 25.5 Å². The van der Waals surface area contributed by atoms with Gasteiger partial charge in [0, 0.05) is 12.6 Å². The van der Waals surface area contributed by atoms with Crippen molar-refractivity contribution in [1.82, 2.24) is 9.13 Å². The maximum Gasteiger partial charge on any atom is 0.332 e. The van der Waals surface area contributed by atoms with Gasteiger partial charge in [-0.15, -0.1) is 11.3 Å². The Morgan fingerprint density at radius 3 is 2.71 bits per heavy atom. The van der Waals surface area contributed by atoms with Gasteiger partial charge in [-0.05, 0) is 37.7 Å². The number of carbonyl (C=O) groups excluding carboxylic acids is 1. The number of aldehydes is 1. The molecule has 1 aliphatic carbocycles. The first-order valence-electron chi connectivity index (χ1n) is 8.38. The highest BCUT2D eigenvalue weighted by Crippen LogP contribution is 2.41. The van der Waals surface area contributed by atoms with E-state index < -0.39 is 0 Å². The third kappa shape index (κ3) is 2.29. The molecule has 0 amide bonds. The number of aromatic nitrogens is 2. The summed E-state index contributed by atoms with van der Waals surface area (Å²) < 4.78 is 8.73. The third-order valence-electron chi connectivity index (χ3n) is 5.20. The molecule has 2 aromatic rings. The Balaban J connectivity index is 1.99. The SMILES string of the molecule is Cc1c(C=O)sc2c1c(=O)n(C1CC1C)c(=O)n2C[C@H]1CCCO1. The van der Waals surface area contributed by atoms with Crippen molar-refractivity contribution >= 4 is 27.8 Å². The summed E-state index contributed by atoms with van der Waals surface area (Å²) in [7, 11) is 0. The number of aryl methyl sites for hydroxylation is 1. The van der Waals surface area contributed by atoms with Crippen LogP contribution in [0, 0.1) is 12.8 Å². The minimum atomic E-state index is -0.268. The van der Waals surface area contributed by atoms with Crippen molar-refractivity contribution < 1.29 is 9.53 Å². The topological polar surface area (TPSA) is 70.3 Å². The molecular formula is C17H20N2O4S. The zero-order chi connectivity index (χ0) is 17.0. The van der Waals surface area contributed by atoms with Crippen molar-refractivity contribution in [2.45, 2.75) is 51.8 Å². The number of nitrogens with zero attached hydrogens (tertiary/aromatic N) is 2. The zero-order valence-corrected chi connectivity index (χ0v) is 14.6. The van der Waals surface area contributed by atoms with Gasteiger partial charge in [0.05, 0.1) is 22.9 Å². The molecule has 2 aliphatic rings. The summed E-state index contributed by atoms with van der Waals surface area (Å²) in [4.78, 5) is 38.4. The van der Waals surface area contributed by atoms with Gasteiger partial charge in [0.2, 0.25) is 0 Å². The average Bonchev–Trinajstić information content (AvgIpc) is 2.97. The fraction of sp³-hybridized carbons (Fsp3) is 0.588. The van der Waals surface area contributed by atoms with E-state index in [9.17, 15) is 14.4 Å². The maximum atomic E-state index is 13.0. The Bertz CT molecular complexity index is 933. The van der Waals surface area contributed by atoms with Gasteiger partial charge < -0.3 is 4.74 Å². The highest BCUT2D eigenvalue weighted by atomic mass is 32.1. The molecule has 0 N–H and O–H groups in total. The van der Waals surface area contributed by atoms with Crippen molar-refractivity contribution in [1.29, 1.82) is 0 Å². The van der Waals surface area contributed by atoms with Crippen LogP contribution < -0.4 is 11.2 Å². The predicted octanol–water partition coefficient (Wildman–Crippen LogP) is 2.11. The first-order chi connectivity index (χ1) is 11.5. The van der Waals surface area contributed by atoms with Crippen molar-refractivity contribution in [3.05, 3.63) is 31.3 Å². The molecule has 3 heterocycles. The molecule has 6 nitrogen and oxygen atoms in total. The summed E-state index contributed by atoms with van der Waals surface area (Å²) in [5.74, 6) is 0.341. The van der Waals surface area contributed by atoms with Crippen LogP contribution >= 0.6 is 11.3 Å². The summed E-state index contributed by atoms with van der Waals surface area (Å²) in [6, 6.07) is -0.0240. The molecule has 2 unspecified atom stereocenters. The van der Waals surface area contributed by atoms with Gasteiger partial charge in [0.25, 0.3) is 5.56 Å². The molecule has 1 saturated carbocycles. The van der Waals surface area contributed by atoms with E-state index in [0.29, 0.717) is 39.7 Å². The summed E-state index contributed by atoms with van der Waals surface area (Å²) in [5, 5.41) is 0.513. The van der Waals surface area contributed by atoms with Gasteiger partial charge in [-0.25, -0.2) is 4.79 Å². The van der Waals surface area contributed by atoms with Crippen molar-refractivity contribution in [2.24, 2.45) is 5.92 Å². The second-order valence-corrected chi connectivity index (χ2v) is 7.90. The molecule has 128 valence electrons. The van der Waals surface area contributed by atoms with Crippen LogP contribution in [-0.4, -0.2) is 28.1 Å². The predicted molar refractivity (Wildman–Crippen MR) is 92.3 cm³/mol. The second-order valence-electron chi connectivity index (χ2n) is 6.87. The van der Waals surface area contributed by atoms with E-state index in [2.05, 4.69) is 0 Å². The molecule has 3 atom stereocenters. The summed E-state index contributed by atoms with van der Waals surface area (Å²) in [6.07, 6.45) is 3.52. The fourth-order valence-electron chi connectivity index (χ4n) is 3.60. The van der Waals surface area contributed by atoms with Gasteiger partial charge in [0.15, 0.2) is 6.29 Å². The van der Waals surface area contributed by atoms with Crippen LogP contribution in [0.4, 0.5) is 0 Å². The monoisotopic (exact) mass is 348 g/mol. The van der Waals surface area contributed by atoms with E-state index in [1.54, 1.807) is 11.5 Å². The zero-order valence-electron chi connectivity index (χ0n) is 13.8. The Kier molecular flexibility index (Phi) is 3.73. The second kappa shape index (κ2) is 5.67. The van der Waals surface area contributed by atoms with Gasteiger partial charge >= 0.3 is 5.69 Å². The van der Waals surface area contributed by atoms with Gasteiger partial charge in [-0.2, -0.15) is 0 Å². The number of carbonyl (C=O) groups is 1. The normalized spacial score (nSPS) is 26.2. The molecule has 0 radical (unpaired) electrons. The number of hydrogen-bond donors (Lipinski definition) is 0. The first kappa shape index (κ1) is 15.8. The maximum absolute atomic E-state index is 13.0. The highest BCUT2D eigenvalue weighted by molar-refractivity contribution is 7.20. The van der Waals surface area contributed by atoms with Crippen LogP contribution in [0.2, 0.25) is 0 Å². The van der Waals surface area contributed by atoms with Gasteiger partial charge in [-0.3, -0.25) is 18.7 Å². The fourth-order valence-corrected chi connectivity index (χ4v) is 4.72. The molecule has 2 aromatic heterocycles. The number of hydrogen-bond acceptors (Lipinski definition) is 5. The molecule has 1 aliphatic heterocycles. The molecule has 0 bridgehead atoms. The number of rotatable bonds is 4. The Morgan fingerprint density at radius 2 is 2.12 bits per heavy atom. The van der Waals surface area contributed by atoms with Crippen LogP contribution in [0.3, 0.4) is 0 Å². The molecule has 4 rings (SSSR count). The summed E-state index contributed by atoms with van der Waals surface area (Å²) >= 11 is 1.23. The van der Waals surface area contributed by atoms with Crippen LogP contribution in [0.25, 0.3) is 10.2 Å². The molecule has 0 spiro atoms. The smallest absolute Gasteiger partial charge is 0.332 e. The quantitative estimate of drug-likeness (QED) is 0.794. The van der Waals surface area contributed by atoms with Crippen LogP contribution in [-0.2, 0) is 11.3 Å². The summed E-state index contributed by atoms with van der Waals surface area (Å²) in [5.41, 5.74) is 0.156. The molecule has 1 saturated heterocycles. The van der Waals surface area contributed by atoms with E-state index in [1.165, 1.54) is 15.9 Å². The molecule has 7 heteroatoms. The molecule has 24 heavy (non-hydrogen) atoms. The van der Waals surface area contributed by atoms with Crippen LogP contribution in [0.15, 0.2) is 9.59 Å². The average molecular weight is 348 g/mol. The van der Waals surface area contributed by atoms with E-state index in [4.69, 9.17) is 4.74 Å². The van der Waals surface area contributed by atoms with E-state index in [1.807, 2.05) is 6.92 Å². The summed E-state index contributed by atoms with van der Waals surface area (Å²) in [6.45, 7) is 4.98. The molecular weight excluding hydrogens is 328 g/mol. The number of fused-ring (bicyclic) bond motifs is 1. The Labute approximate surface area is 142 Å². The minimum absolute atomic E-state index is 0.00411. The lowest BCUT2D eigenvalue weighted by Crippen LogP contribution is -2.41. The van der Waals surface area contributed by atoms with Gasteiger partial charge in [0.1, 0.15) is 4.83 Å². The Morgan fingerprint density at radius 1 is 1.38 bits per heavy atom. The Hall–Kier alpha value is -1.73. The lowest BCUT2D eigenvalue weighted by Gasteiger charge is -2.15. The largest absolute Gasteiger partial charge is 0.376 e. The molecule has 0 aromatic carbocycles. The first-order valence-corrected chi connectivity index (χ1v) is 9.19. The van der Waals surface area contributed by atoms with Crippen molar-refractivity contribution in [3.63, 3.8) is 0 Å². The van der Waals surface area contributed by atoms with Crippen molar-refractivity contribution in [3.8, 4) is 0 Å². The number of thiophene rings is 1. The molecule has 2 fully saturated rings. The van der Waals surface area contributed by atoms with E-state index in [-0.39, 0.29) is 23.4 Å². The lowest BCUT2D eigenvalue weighted by molar-refractivity contribution is 0.0966. The number of ether oxygens (including phenoxy) is 1. The standard InChI is InChI=1S/C17H20N2O4S/c1-9-6-12(9)19-15(21)14-10(2)13(8-20)24-16(14)18(17(19)22)7-11-4-3-5-23-11/h8-9,11-12H,3-7H2,1-2H3/t9?,11-,12?/m1/s1.